The fourth-order valence-corrected chi connectivity index (χ4v) is 3.76. The van der Waals surface area contributed by atoms with Crippen molar-refractivity contribution in [2.24, 2.45) is 5.18 Å². The average molecular weight is 336 g/mol. The van der Waals surface area contributed by atoms with Crippen LogP contribution in [0.15, 0.2) is 15.8 Å². The molecule has 0 aromatic heterocycles. The molecule has 0 radical (unpaired) electrons. The first kappa shape index (κ1) is 19.6. The Balaban J connectivity index is 0.000000436. The topological polar surface area (TPSA) is 114 Å². The van der Waals surface area contributed by atoms with Crippen LogP contribution in [0.2, 0.25) is 0 Å². The first-order valence-corrected chi connectivity index (χ1v) is 7.64. The van der Waals surface area contributed by atoms with Gasteiger partial charge in [-0.1, -0.05) is 5.18 Å². The van der Waals surface area contributed by atoms with Crippen LogP contribution in [0.4, 0.5) is 0 Å². The number of aliphatic carboxylic acids is 1. The number of β-lactam (4-membered cyclic amide) rings is 1. The van der Waals surface area contributed by atoms with Crippen molar-refractivity contribution < 1.29 is 44.3 Å². The van der Waals surface area contributed by atoms with E-state index in [1.165, 1.54) is 4.90 Å². The number of carboxylic acids is 1. The van der Waals surface area contributed by atoms with Crippen LogP contribution in [-0.2, 0) is 9.59 Å². The molecule has 116 valence electrons. The summed E-state index contributed by atoms with van der Waals surface area (Å²) in [5.74, 6) is -1.34. The van der Waals surface area contributed by atoms with E-state index in [1.54, 1.807) is 18.7 Å². The maximum absolute atomic E-state index is 11.4. The number of hydrogen-bond acceptors (Lipinski definition) is 8. The van der Waals surface area contributed by atoms with Crippen molar-refractivity contribution in [3.05, 3.63) is 15.5 Å². The van der Waals surface area contributed by atoms with E-state index in [1.807, 2.05) is 0 Å². The molecule has 3 heterocycles. The van der Waals surface area contributed by atoms with Gasteiger partial charge >= 0.3 is 29.6 Å². The van der Waals surface area contributed by atoms with Gasteiger partial charge < -0.3 is 14.8 Å². The van der Waals surface area contributed by atoms with Crippen molar-refractivity contribution in [1.82, 2.24) is 15.8 Å². The number of nitroso groups, excluding NO2 is 1. The van der Waals surface area contributed by atoms with Gasteiger partial charge in [0.15, 0.2) is 0 Å². The van der Waals surface area contributed by atoms with E-state index < -0.39 is 5.97 Å². The molecule has 0 spiro atoms. The quantitative estimate of drug-likeness (QED) is 0.305. The zero-order chi connectivity index (χ0) is 15.4. The van der Waals surface area contributed by atoms with E-state index in [0.29, 0.717) is 24.6 Å². The summed E-state index contributed by atoms with van der Waals surface area (Å²) in [6.07, 6.45) is 1.12. The molecule has 3 aliphatic rings. The minimum atomic E-state index is -1.23. The van der Waals surface area contributed by atoms with Gasteiger partial charge in [0, 0.05) is 36.1 Å². The van der Waals surface area contributed by atoms with Crippen LogP contribution in [0.3, 0.4) is 0 Å². The van der Waals surface area contributed by atoms with Crippen LogP contribution in [0.1, 0.15) is 19.8 Å². The Hall–Kier alpha value is -0.450. The number of hydrogen-bond donors (Lipinski definition) is 2. The van der Waals surface area contributed by atoms with Crippen molar-refractivity contribution in [3.63, 3.8) is 0 Å². The second kappa shape index (κ2) is 8.99. The second-order valence-corrected chi connectivity index (χ2v) is 6.23. The Morgan fingerprint density at radius 3 is 2.45 bits per heavy atom. The van der Waals surface area contributed by atoms with Crippen molar-refractivity contribution >= 4 is 23.6 Å². The summed E-state index contributed by atoms with van der Waals surface area (Å²) < 4.78 is 0. The molecule has 2 fully saturated rings. The van der Waals surface area contributed by atoms with Crippen LogP contribution in [0.25, 0.3) is 0 Å². The van der Waals surface area contributed by atoms with E-state index >= 15 is 0 Å². The Morgan fingerprint density at radius 2 is 2.00 bits per heavy atom. The maximum atomic E-state index is 11.4. The number of carbonyl (C=O) groups excluding carboxylic acids is 2. The van der Waals surface area contributed by atoms with Crippen LogP contribution in [-0.4, -0.2) is 47.7 Å². The first-order valence-electron chi connectivity index (χ1n) is 6.76. The Morgan fingerprint density at radius 1 is 1.41 bits per heavy atom. The number of hydrazine groups is 1. The van der Waals surface area contributed by atoms with Crippen LogP contribution < -0.4 is 45.5 Å². The van der Waals surface area contributed by atoms with Gasteiger partial charge in [-0.25, -0.2) is 0 Å². The summed E-state index contributed by atoms with van der Waals surface area (Å²) in [4.78, 5) is 33.6. The fourth-order valence-electron chi connectivity index (χ4n) is 2.44. The molecule has 2 saturated heterocycles. The van der Waals surface area contributed by atoms with Crippen LogP contribution in [0.5, 0.6) is 0 Å². The number of rotatable bonds is 4. The van der Waals surface area contributed by atoms with Crippen molar-refractivity contribution in [1.29, 1.82) is 0 Å². The number of fused-ring (bicyclic) bond motifs is 1. The van der Waals surface area contributed by atoms with E-state index in [-0.39, 0.29) is 47.2 Å². The molecule has 10 heteroatoms. The number of thioether (sulfide) groups is 1. The van der Waals surface area contributed by atoms with E-state index in [0.717, 1.165) is 18.0 Å². The summed E-state index contributed by atoms with van der Waals surface area (Å²) in [6.45, 7) is 3.69. The molecule has 0 aliphatic carbocycles. The van der Waals surface area contributed by atoms with Crippen LogP contribution >= 0.6 is 11.8 Å². The van der Waals surface area contributed by atoms with E-state index in [2.05, 4.69) is 16.0 Å². The number of amides is 1. The average Bonchev–Trinajstić information content (AvgIpc) is 3.05. The van der Waals surface area contributed by atoms with Crippen molar-refractivity contribution in [3.8, 4) is 0 Å². The van der Waals surface area contributed by atoms with Crippen molar-refractivity contribution in [2.45, 2.75) is 31.1 Å². The zero-order valence-electron chi connectivity index (χ0n) is 12.6. The molecule has 22 heavy (non-hydrogen) atoms. The molecule has 0 aromatic rings. The van der Waals surface area contributed by atoms with Gasteiger partial charge in [0.1, 0.15) is 0 Å². The molecule has 1 amide bonds. The van der Waals surface area contributed by atoms with E-state index in [4.69, 9.17) is 4.91 Å². The van der Waals surface area contributed by atoms with Gasteiger partial charge in [-0.05, 0) is 6.92 Å². The predicted octanol–water partition coefficient (Wildman–Crippen LogP) is -4.06. The molecule has 0 bridgehead atoms. The Labute approximate surface area is 154 Å². The van der Waals surface area contributed by atoms with Gasteiger partial charge in [-0.2, -0.15) is 4.91 Å². The van der Waals surface area contributed by atoms with Crippen molar-refractivity contribution in [2.75, 3.05) is 19.6 Å². The fraction of sp³-hybridized carbons (Fsp3) is 0.667. The molecular formula is C12H17N4NaO4S. The molecule has 1 unspecified atom stereocenters. The van der Waals surface area contributed by atoms with Gasteiger partial charge in [0.2, 0.25) is 5.91 Å². The van der Waals surface area contributed by atoms with Gasteiger partial charge in [0.25, 0.3) is 0 Å². The second-order valence-electron chi connectivity index (χ2n) is 4.83. The molecular weight excluding hydrogens is 319 g/mol. The van der Waals surface area contributed by atoms with Gasteiger partial charge in [-0.15, -0.1) is 11.8 Å². The smallest absolute Gasteiger partial charge is 0.543 e. The summed E-state index contributed by atoms with van der Waals surface area (Å²) in [7, 11) is 0. The van der Waals surface area contributed by atoms with Gasteiger partial charge in [-0.3, -0.25) is 15.6 Å². The summed E-state index contributed by atoms with van der Waals surface area (Å²) in [6, 6.07) is 0.0558. The zero-order valence-corrected chi connectivity index (χ0v) is 15.4. The summed E-state index contributed by atoms with van der Waals surface area (Å²) in [5.41, 5.74) is 6.10. The minimum absolute atomic E-state index is 0. The monoisotopic (exact) mass is 336 g/mol. The Kier molecular flexibility index (Phi) is 8.01. The minimum Gasteiger partial charge on any atom is -0.543 e. The third-order valence-corrected chi connectivity index (χ3v) is 4.70. The third kappa shape index (κ3) is 4.30. The maximum Gasteiger partial charge on any atom is 1.00 e. The van der Waals surface area contributed by atoms with Gasteiger partial charge in [0.05, 0.1) is 24.3 Å². The largest absolute Gasteiger partial charge is 1.00 e. The Bertz CT molecular complexity index is 482. The summed E-state index contributed by atoms with van der Waals surface area (Å²) >= 11 is 1.54. The molecule has 8 nitrogen and oxygen atoms in total. The molecule has 1 atom stereocenters. The predicted molar refractivity (Wildman–Crippen MR) is 75.6 cm³/mol. The molecule has 0 aromatic carbocycles. The van der Waals surface area contributed by atoms with E-state index in [9.17, 15) is 14.7 Å². The van der Waals surface area contributed by atoms with Crippen LogP contribution in [0, 0.1) is 4.91 Å². The number of carboxylic acid groups (broad SMARTS) is 1. The third-order valence-electron chi connectivity index (χ3n) is 3.39. The molecule has 3 aliphatic heterocycles. The molecule has 2 N–H and O–H groups in total. The first-order chi connectivity index (χ1) is 10.1. The standard InChI is InChI=1S/C10H13N3O3S.C2H5NO.Na/c14-8-2-5-1-7(9(10(15)16)13(5)8)17-6-3-11-12-4-6;1-2-3-4;/h5-6,11-12H,1-4H2,(H,15,16);2H2,1H3;/q;;+1/p-1. The summed E-state index contributed by atoms with van der Waals surface area (Å²) in [5, 5.41) is 13.9. The number of carbonyl (C=O) groups is 2. The number of nitrogens with one attached hydrogen (secondary N) is 2. The SMILES string of the molecule is CCN=O.O=C([O-])C1=C(SC2CNNC2)CC2CC(=O)N12.[Na+]. The normalized spacial score (nSPS) is 23.2. The molecule has 0 saturated carbocycles. The number of nitrogens with zero attached hydrogens (tertiary/aromatic N) is 2. The molecule has 3 rings (SSSR count).